The van der Waals surface area contributed by atoms with Crippen LogP contribution in [0.1, 0.15) is 32.8 Å². The fraction of sp³-hybridized carbons (Fsp3) is 0.444. The van der Waals surface area contributed by atoms with Gasteiger partial charge in [-0.25, -0.2) is 0 Å². The first-order chi connectivity index (χ1) is 12.2. The minimum absolute atomic E-state index is 0.124. The van der Waals surface area contributed by atoms with Crippen LogP contribution in [-0.4, -0.2) is 23.8 Å². The molecule has 0 saturated heterocycles. The van der Waals surface area contributed by atoms with E-state index in [-0.39, 0.29) is 25.2 Å². The van der Waals surface area contributed by atoms with Gasteiger partial charge in [-0.05, 0) is 38.5 Å². The third-order valence-corrected chi connectivity index (χ3v) is 4.36. The van der Waals surface area contributed by atoms with E-state index in [0.29, 0.717) is 26.6 Å². The van der Waals surface area contributed by atoms with Gasteiger partial charge in [-0.15, -0.1) is 0 Å². The second-order valence-electron chi connectivity index (χ2n) is 6.72. The lowest BCUT2D eigenvalue weighted by Crippen LogP contribution is -2.46. The molecule has 4 nitrogen and oxygen atoms in total. The number of nitrogens with one attached hydrogen (secondary N) is 1. The van der Waals surface area contributed by atoms with Crippen molar-refractivity contribution < 1.29 is 13.9 Å². The Kier molecular flexibility index (Phi) is 7.33. The molecular formula is C18H22Cl3FN2O2. The lowest BCUT2D eigenvalue weighted by atomic mass is 10.1. The number of nitrogens with zero attached hydrogens (tertiary/aromatic N) is 1. The monoisotopic (exact) mass is 422 g/mol. The lowest BCUT2D eigenvalue weighted by molar-refractivity contribution is 0.141. The van der Waals surface area contributed by atoms with Crippen LogP contribution in [-0.2, 0) is 11.3 Å². The van der Waals surface area contributed by atoms with Crippen molar-refractivity contribution in [1.82, 2.24) is 10.4 Å². The molecule has 0 aliphatic carbocycles. The van der Waals surface area contributed by atoms with E-state index in [0.717, 1.165) is 5.56 Å². The van der Waals surface area contributed by atoms with Crippen molar-refractivity contribution >= 4 is 34.8 Å². The molecule has 26 heavy (non-hydrogen) atoms. The summed E-state index contributed by atoms with van der Waals surface area (Å²) in [6.45, 7) is 6.17. The standard InChI is InChI=1S/C18H22Cl3FN2O2/c1-18(2,3)24-10-15(21)16(9-23-24)26-11-12-7-13(19)17(14(20)8-12)25-6-4-5-22/h7-10,23H,4-6,11H2,1-3H3. The van der Waals surface area contributed by atoms with Gasteiger partial charge in [-0.2, -0.15) is 0 Å². The average Bonchev–Trinajstić information content (AvgIpc) is 2.55. The molecule has 1 aliphatic heterocycles. The van der Waals surface area contributed by atoms with Crippen LogP contribution < -0.4 is 10.2 Å². The van der Waals surface area contributed by atoms with Gasteiger partial charge in [0.2, 0.25) is 0 Å². The van der Waals surface area contributed by atoms with Gasteiger partial charge in [-0.1, -0.05) is 34.8 Å². The average molecular weight is 424 g/mol. The van der Waals surface area contributed by atoms with Gasteiger partial charge in [-0.3, -0.25) is 9.40 Å². The summed E-state index contributed by atoms with van der Waals surface area (Å²) < 4.78 is 23.3. The highest BCUT2D eigenvalue weighted by molar-refractivity contribution is 6.37. The Morgan fingerprint density at radius 3 is 2.31 bits per heavy atom. The quantitative estimate of drug-likeness (QED) is 0.563. The zero-order valence-electron chi connectivity index (χ0n) is 14.9. The van der Waals surface area contributed by atoms with Gasteiger partial charge in [0.15, 0.2) is 11.5 Å². The van der Waals surface area contributed by atoms with Crippen LogP contribution in [0, 0.1) is 0 Å². The summed E-state index contributed by atoms with van der Waals surface area (Å²) in [6.07, 6.45) is 3.76. The molecule has 1 aromatic rings. The number of hydrazine groups is 1. The van der Waals surface area contributed by atoms with Gasteiger partial charge < -0.3 is 14.9 Å². The zero-order chi connectivity index (χ0) is 19.3. The van der Waals surface area contributed by atoms with E-state index in [2.05, 4.69) is 26.2 Å². The van der Waals surface area contributed by atoms with Crippen LogP contribution in [0.4, 0.5) is 4.39 Å². The SMILES string of the molecule is CC(C)(C)N1C=C(Cl)C(OCc2cc(Cl)c(OCCCF)c(Cl)c2)=CN1. The molecule has 0 aromatic heterocycles. The maximum atomic E-state index is 12.2. The van der Waals surface area contributed by atoms with E-state index in [4.69, 9.17) is 44.3 Å². The Morgan fingerprint density at radius 1 is 1.12 bits per heavy atom. The number of ether oxygens (including phenoxy) is 2. The Hall–Kier alpha value is -1.30. The van der Waals surface area contributed by atoms with Gasteiger partial charge >= 0.3 is 0 Å². The molecule has 1 aliphatic rings. The topological polar surface area (TPSA) is 33.7 Å². The van der Waals surface area contributed by atoms with Crippen molar-refractivity contribution in [3.05, 3.63) is 50.9 Å². The van der Waals surface area contributed by atoms with E-state index in [1.807, 2.05) is 5.01 Å². The van der Waals surface area contributed by atoms with Crippen LogP contribution in [0.25, 0.3) is 0 Å². The Bertz CT molecular complexity index is 679. The summed E-state index contributed by atoms with van der Waals surface area (Å²) in [7, 11) is 0. The van der Waals surface area contributed by atoms with E-state index >= 15 is 0 Å². The molecule has 1 N–H and O–H groups in total. The van der Waals surface area contributed by atoms with Gasteiger partial charge in [0.25, 0.3) is 0 Å². The highest BCUT2D eigenvalue weighted by atomic mass is 35.5. The minimum atomic E-state index is -0.453. The fourth-order valence-corrected chi connectivity index (χ4v) is 2.98. The molecule has 0 unspecified atom stereocenters. The summed E-state index contributed by atoms with van der Waals surface area (Å²) in [6, 6.07) is 3.40. The summed E-state index contributed by atoms with van der Waals surface area (Å²) in [4.78, 5) is 0. The number of halogens is 4. The molecule has 0 atom stereocenters. The predicted octanol–water partition coefficient (Wildman–Crippen LogP) is 5.79. The first-order valence-corrected chi connectivity index (χ1v) is 9.28. The van der Waals surface area contributed by atoms with Crippen LogP contribution in [0.15, 0.2) is 35.3 Å². The second kappa shape index (κ2) is 9.07. The molecule has 0 spiro atoms. The number of rotatable bonds is 7. The molecule has 144 valence electrons. The largest absolute Gasteiger partial charge is 0.490 e. The molecule has 0 fully saturated rings. The minimum Gasteiger partial charge on any atom is -0.490 e. The maximum Gasteiger partial charge on any atom is 0.157 e. The smallest absolute Gasteiger partial charge is 0.157 e. The third-order valence-electron chi connectivity index (χ3n) is 3.51. The Labute approximate surface area is 168 Å². The normalized spacial score (nSPS) is 14.5. The van der Waals surface area contributed by atoms with Crippen molar-refractivity contribution in [2.45, 2.75) is 39.3 Å². The lowest BCUT2D eigenvalue weighted by Gasteiger charge is -2.36. The first-order valence-electron chi connectivity index (χ1n) is 8.15. The third kappa shape index (κ3) is 5.60. The zero-order valence-corrected chi connectivity index (χ0v) is 17.2. The molecule has 0 saturated carbocycles. The van der Waals surface area contributed by atoms with Gasteiger partial charge in [0.05, 0.1) is 35.1 Å². The molecule has 0 radical (unpaired) electrons. The van der Waals surface area contributed by atoms with Crippen molar-refractivity contribution in [3.63, 3.8) is 0 Å². The molecule has 1 aromatic carbocycles. The highest BCUT2D eigenvalue weighted by Crippen LogP contribution is 2.35. The number of allylic oxidation sites excluding steroid dienone is 1. The molecule has 0 amide bonds. The second-order valence-corrected chi connectivity index (χ2v) is 7.95. The molecule has 2 rings (SSSR count). The number of hydrogen-bond acceptors (Lipinski definition) is 4. The maximum absolute atomic E-state index is 12.2. The molecule has 1 heterocycles. The van der Waals surface area contributed by atoms with E-state index in [9.17, 15) is 4.39 Å². The fourth-order valence-electron chi connectivity index (χ4n) is 2.13. The van der Waals surface area contributed by atoms with Gasteiger partial charge in [0, 0.05) is 12.6 Å². The van der Waals surface area contributed by atoms with Crippen LogP contribution in [0.5, 0.6) is 5.75 Å². The summed E-state index contributed by atoms with van der Waals surface area (Å²) in [5.41, 5.74) is 3.76. The van der Waals surface area contributed by atoms with E-state index in [1.165, 1.54) is 0 Å². The number of hydrogen-bond donors (Lipinski definition) is 1. The Balaban J connectivity index is 2.00. The van der Waals surface area contributed by atoms with Gasteiger partial charge in [0.1, 0.15) is 11.6 Å². The molecule has 0 bridgehead atoms. The summed E-state index contributed by atoms with van der Waals surface area (Å²) in [5, 5.41) is 3.08. The summed E-state index contributed by atoms with van der Waals surface area (Å²) in [5.74, 6) is 0.866. The van der Waals surface area contributed by atoms with Crippen molar-refractivity contribution in [2.75, 3.05) is 13.3 Å². The van der Waals surface area contributed by atoms with E-state index < -0.39 is 6.67 Å². The van der Waals surface area contributed by atoms with Crippen LogP contribution in [0.2, 0.25) is 10.0 Å². The van der Waals surface area contributed by atoms with Crippen LogP contribution >= 0.6 is 34.8 Å². The predicted molar refractivity (Wildman–Crippen MR) is 104 cm³/mol. The number of alkyl halides is 1. The van der Waals surface area contributed by atoms with Crippen molar-refractivity contribution in [2.24, 2.45) is 0 Å². The summed E-state index contributed by atoms with van der Waals surface area (Å²) >= 11 is 18.7. The van der Waals surface area contributed by atoms with Crippen molar-refractivity contribution in [1.29, 1.82) is 0 Å². The van der Waals surface area contributed by atoms with Crippen LogP contribution in [0.3, 0.4) is 0 Å². The molecule has 8 heteroatoms. The van der Waals surface area contributed by atoms with Crippen molar-refractivity contribution in [3.8, 4) is 5.75 Å². The molecular weight excluding hydrogens is 402 g/mol. The highest BCUT2D eigenvalue weighted by Gasteiger charge is 2.22. The number of benzene rings is 1. The first kappa shape index (κ1) is 21.0. The Morgan fingerprint density at radius 2 is 1.77 bits per heavy atom. The van der Waals surface area contributed by atoms with E-state index in [1.54, 1.807) is 24.5 Å².